The number of carbonyl (C=O) groups is 2. The predicted molar refractivity (Wildman–Crippen MR) is 71.3 cm³/mol. The van der Waals surface area contributed by atoms with E-state index in [0.717, 1.165) is 0 Å². The summed E-state index contributed by atoms with van der Waals surface area (Å²) >= 11 is 0. The Bertz CT molecular complexity index is 386. The van der Waals surface area contributed by atoms with Gasteiger partial charge < -0.3 is 10.2 Å². The molecule has 18 heavy (non-hydrogen) atoms. The summed E-state index contributed by atoms with van der Waals surface area (Å²) in [6.07, 6.45) is 0.347. The quantitative estimate of drug-likeness (QED) is 0.832. The van der Waals surface area contributed by atoms with E-state index < -0.39 is 0 Å². The van der Waals surface area contributed by atoms with Crippen LogP contribution in [0.25, 0.3) is 0 Å². The molecule has 0 fully saturated rings. The van der Waals surface area contributed by atoms with Gasteiger partial charge in [0.05, 0.1) is 0 Å². The Labute approximate surface area is 108 Å². The van der Waals surface area contributed by atoms with Crippen LogP contribution in [0.15, 0.2) is 30.3 Å². The van der Waals surface area contributed by atoms with Gasteiger partial charge in [0.2, 0.25) is 5.91 Å². The minimum atomic E-state index is -0.136. The number of carbonyl (C=O) groups excluding carboxylic acids is 2. The fourth-order valence-corrected chi connectivity index (χ4v) is 1.71. The van der Waals surface area contributed by atoms with Gasteiger partial charge in [0.25, 0.3) is 5.91 Å². The maximum Gasteiger partial charge on any atom is 0.251 e. The molecule has 4 heteroatoms. The van der Waals surface area contributed by atoms with Crippen molar-refractivity contribution >= 4 is 11.8 Å². The first kappa shape index (κ1) is 14.2. The van der Waals surface area contributed by atoms with E-state index in [1.807, 2.05) is 32.0 Å². The molecule has 98 valence electrons. The Balaban J connectivity index is 2.34. The second-order valence-electron chi connectivity index (χ2n) is 3.94. The minimum absolute atomic E-state index is 0.0772. The summed E-state index contributed by atoms with van der Waals surface area (Å²) in [5.41, 5.74) is 0.618. The molecular weight excluding hydrogens is 228 g/mol. The van der Waals surface area contributed by atoms with Crippen LogP contribution in [0.1, 0.15) is 30.6 Å². The van der Waals surface area contributed by atoms with Crippen molar-refractivity contribution in [2.24, 2.45) is 0 Å². The third-order valence-electron chi connectivity index (χ3n) is 2.78. The van der Waals surface area contributed by atoms with E-state index >= 15 is 0 Å². The maximum atomic E-state index is 11.7. The van der Waals surface area contributed by atoms with Crippen LogP contribution >= 0.6 is 0 Å². The van der Waals surface area contributed by atoms with Crippen LogP contribution < -0.4 is 5.32 Å². The topological polar surface area (TPSA) is 49.4 Å². The number of amides is 2. The van der Waals surface area contributed by atoms with Gasteiger partial charge in [-0.15, -0.1) is 0 Å². The van der Waals surface area contributed by atoms with Gasteiger partial charge in [-0.05, 0) is 26.0 Å². The van der Waals surface area contributed by atoms with Crippen LogP contribution in [-0.4, -0.2) is 36.3 Å². The van der Waals surface area contributed by atoms with Crippen LogP contribution in [0.3, 0.4) is 0 Å². The molecule has 0 unspecified atom stereocenters. The Morgan fingerprint density at radius 2 is 1.72 bits per heavy atom. The standard InChI is InChI=1S/C14H20N2O2/c1-3-16(4-2)13(17)10-11-15-14(18)12-8-6-5-7-9-12/h5-9H,3-4,10-11H2,1-2H3,(H,15,18). The number of hydrogen-bond donors (Lipinski definition) is 1. The second-order valence-corrected chi connectivity index (χ2v) is 3.94. The number of nitrogens with one attached hydrogen (secondary N) is 1. The van der Waals surface area contributed by atoms with Crippen molar-refractivity contribution in [1.82, 2.24) is 10.2 Å². The molecule has 0 bridgehead atoms. The van der Waals surface area contributed by atoms with Crippen molar-refractivity contribution in [1.29, 1.82) is 0 Å². The number of nitrogens with zero attached hydrogens (tertiary/aromatic N) is 1. The smallest absolute Gasteiger partial charge is 0.251 e. The summed E-state index contributed by atoms with van der Waals surface area (Å²) in [4.78, 5) is 25.2. The molecule has 1 aromatic carbocycles. The van der Waals surface area contributed by atoms with Crippen molar-refractivity contribution < 1.29 is 9.59 Å². The lowest BCUT2D eigenvalue weighted by atomic mass is 10.2. The lowest BCUT2D eigenvalue weighted by molar-refractivity contribution is -0.130. The first-order valence-corrected chi connectivity index (χ1v) is 6.30. The number of hydrogen-bond acceptors (Lipinski definition) is 2. The van der Waals surface area contributed by atoms with Gasteiger partial charge in [0.1, 0.15) is 0 Å². The highest BCUT2D eigenvalue weighted by atomic mass is 16.2. The van der Waals surface area contributed by atoms with Crippen molar-refractivity contribution in [3.63, 3.8) is 0 Å². The SMILES string of the molecule is CCN(CC)C(=O)CCNC(=O)c1ccccc1. The van der Waals surface area contributed by atoms with Gasteiger partial charge in [-0.25, -0.2) is 0 Å². The average Bonchev–Trinajstić information content (AvgIpc) is 2.41. The molecule has 0 aliphatic rings. The van der Waals surface area contributed by atoms with Crippen LogP contribution in [0, 0.1) is 0 Å². The van der Waals surface area contributed by atoms with E-state index in [1.165, 1.54) is 0 Å². The Morgan fingerprint density at radius 3 is 2.28 bits per heavy atom. The average molecular weight is 248 g/mol. The molecular formula is C14H20N2O2. The predicted octanol–water partition coefficient (Wildman–Crippen LogP) is 1.67. The molecule has 0 atom stereocenters. The highest BCUT2D eigenvalue weighted by molar-refractivity contribution is 5.94. The molecule has 0 spiro atoms. The molecule has 1 N–H and O–H groups in total. The van der Waals surface area contributed by atoms with Gasteiger partial charge in [-0.2, -0.15) is 0 Å². The van der Waals surface area contributed by atoms with Crippen molar-refractivity contribution in [3.05, 3.63) is 35.9 Å². The van der Waals surface area contributed by atoms with Crippen LogP contribution in [0.2, 0.25) is 0 Å². The third-order valence-corrected chi connectivity index (χ3v) is 2.78. The molecule has 0 aliphatic carbocycles. The fraction of sp³-hybridized carbons (Fsp3) is 0.429. The zero-order valence-corrected chi connectivity index (χ0v) is 11.0. The van der Waals surface area contributed by atoms with E-state index in [1.54, 1.807) is 17.0 Å². The van der Waals surface area contributed by atoms with Crippen molar-refractivity contribution in [3.8, 4) is 0 Å². The van der Waals surface area contributed by atoms with Gasteiger partial charge in [-0.1, -0.05) is 18.2 Å². The van der Waals surface area contributed by atoms with Crippen molar-refractivity contribution in [2.45, 2.75) is 20.3 Å². The van der Waals surface area contributed by atoms with Gasteiger partial charge in [0, 0.05) is 31.6 Å². The van der Waals surface area contributed by atoms with E-state index in [0.29, 0.717) is 31.6 Å². The molecule has 0 saturated carbocycles. The zero-order chi connectivity index (χ0) is 13.4. The molecule has 2 amide bonds. The summed E-state index contributed by atoms with van der Waals surface area (Å²) in [6.45, 7) is 5.70. The molecule has 0 saturated heterocycles. The lowest BCUT2D eigenvalue weighted by Crippen LogP contribution is -2.34. The van der Waals surface area contributed by atoms with Gasteiger partial charge in [-0.3, -0.25) is 9.59 Å². The van der Waals surface area contributed by atoms with Crippen molar-refractivity contribution in [2.75, 3.05) is 19.6 Å². The van der Waals surface area contributed by atoms with E-state index in [9.17, 15) is 9.59 Å². The molecule has 0 aliphatic heterocycles. The number of benzene rings is 1. The minimum Gasteiger partial charge on any atom is -0.352 e. The van der Waals surface area contributed by atoms with Crippen LogP contribution in [0.4, 0.5) is 0 Å². The van der Waals surface area contributed by atoms with Gasteiger partial charge >= 0.3 is 0 Å². The molecule has 0 radical (unpaired) electrons. The highest BCUT2D eigenvalue weighted by Gasteiger charge is 2.10. The molecule has 1 rings (SSSR count). The highest BCUT2D eigenvalue weighted by Crippen LogP contribution is 1.98. The van der Waals surface area contributed by atoms with Crippen LogP contribution in [-0.2, 0) is 4.79 Å². The van der Waals surface area contributed by atoms with Gasteiger partial charge in [0.15, 0.2) is 0 Å². The van der Waals surface area contributed by atoms with E-state index in [-0.39, 0.29) is 11.8 Å². The maximum absolute atomic E-state index is 11.7. The van der Waals surface area contributed by atoms with E-state index in [2.05, 4.69) is 5.32 Å². The second kappa shape index (κ2) is 7.48. The number of rotatable bonds is 6. The summed E-state index contributed by atoms with van der Waals surface area (Å²) in [5, 5.41) is 2.75. The fourth-order valence-electron chi connectivity index (χ4n) is 1.71. The molecule has 0 aromatic heterocycles. The molecule has 4 nitrogen and oxygen atoms in total. The lowest BCUT2D eigenvalue weighted by Gasteiger charge is -2.18. The summed E-state index contributed by atoms with van der Waals surface area (Å²) < 4.78 is 0. The molecule has 0 heterocycles. The normalized spacial score (nSPS) is 9.89. The Hall–Kier alpha value is -1.84. The summed E-state index contributed by atoms with van der Waals surface area (Å²) in [6, 6.07) is 9.00. The third kappa shape index (κ3) is 4.20. The Kier molecular flexibility index (Phi) is 5.91. The summed E-state index contributed by atoms with van der Waals surface area (Å²) in [5.74, 6) is -0.0590. The monoisotopic (exact) mass is 248 g/mol. The first-order chi connectivity index (χ1) is 8.69. The first-order valence-electron chi connectivity index (χ1n) is 6.30. The largest absolute Gasteiger partial charge is 0.352 e. The zero-order valence-electron chi connectivity index (χ0n) is 11.0. The van der Waals surface area contributed by atoms with Crippen LogP contribution in [0.5, 0.6) is 0 Å². The summed E-state index contributed by atoms with van der Waals surface area (Å²) in [7, 11) is 0. The molecule has 1 aromatic rings. The van der Waals surface area contributed by atoms with E-state index in [4.69, 9.17) is 0 Å². The Morgan fingerprint density at radius 1 is 1.11 bits per heavy atom.